The van der Waals surface area contributed by atoms with Gasteiger partial charge in [0.1, 0.15) is 0 Å². The largest absolute Gasteiger partial charge is 0.481 e. The van der Waals surface area contributed by atoms with Crippen molar-refractivity contribution in [3.63, 3.8) is 0 Å². The van der Waals surface area contributed by atoms with Gasteiger partial charge in [-0.15, -0.1) is 0 Å². The van der Waals surface area contributed by atoms with Gasteiger partial charge in [-0.05, 0) is 26.2 Å². The fourth-order valence-corrected chi connectivity index (χ4v) is 2.41. The van der Waals surface area contributed by atoms with E-state index in [2.05, 4.69) is 0 Å². The van der Waals surface area contributed by atoms with Gasteiger partial charge in [0, 0.05) is 19.7 Å². The minimum absolute atomic E-state index is 0.0244. The number of nitrogens with zero attached hydrogens (tertiary/aromatic N) is 1. The maximum absolute atomic E-state index is 12.0. The molecule has 96 valence electrons. The average molecular weight is 241 g/mol. The van der Waals surface area contributed by atoms with E-state index >= 15 is 0 Å². The molecule has 2 rings (SSSR count). The molecule has 0 bridgehead atoms. The average Bonchev–Trinajstić information content (AvgIpc) is 3.08. The van der Waals surface area contributed by atoms with E-state index in [0.717, 1.165) is 6.42 Å². The highest BCUT2D eigenvalue weighted by molar-refractivity contribution is 5.82. The lowest BCUT2D eigenvalue weighted by Gasteiger charge is -2.30. The van der Waals surface area contributed by atoms with Crippen LogP contribution < -0.4 is 0 Å². The summed E-state index contributed by atoms with van der Waals surface area (Å²) in [4.78, 5) is 24.6. The van der Waals surface area contributed by atoms with Crippen molar-refractivity contribution >= 4 is 11.9 Å². The molecule has 0 spiro atoms. The number of carbonyl (C=O) groups excluding carboxylic acids is 1. The van der Waals surface area contributed by atoms with Gasteiger partial charge in [0.2, 0.25) is 5.91 Å². The predicted molar refractivity (Wildman–Crippen MR) is 60.5 cm³/mol. The SMILES string of the molecule is CCOC1CC1C(=O)N1CCC(C(=O)O)CC1. The Morgan fingerprint density at radius 2 is 2.00 bits per heavy atom. The Bertz CT molecular complexity index is 310. The first-order chi connectivity index (χ1) is 8.13. The highest BCUT2D eigenvalue weighted by Gasteiger charge is 2.46. The van der Waals surface area contributed by atoms with Crippen LogP contribution in [-0.2, 0) is 14.3 Å². The van der Waals surface area contributed by atoms with Crippen LogP contribution in [0.25, 0.3) is 0 Å². The molecule has 2 aliphatic rings. The van der Waals surface area contributed by atoms with Crippen LogP contribution in [0.2, 0.25) is 0 Å². The third-order valence-electron chi connectivity index (χ3n) is 3.59. The third-order valence-corrected chi connectivity index (χ3v) is 3.59. The zero-order chi connectivity index (χ0) is 12.4. The first-order valence-electron chi connectivity index (χ1n) is 6.26. The molecule has 1 amide bonds. The maximum atomic E-state index is 12.0. The van der Waals surface area contributed by atoms with E-state index in [1.54, 1.807) is 4.90 Å². The number of piperidine rings is 1. The second-order valence-corrected chi connectivity index (χ2v) is 4.77. The summed E-state index contributed by atoms with van der Waals surface area (Å²) >= 11 is 0. The minimum atomic E-state index is -0.740. The van der Waals surface area contributed by atoms with Gasteiger partial charge < -0.3 is 14.7 Å². The molecule has 5 heteroatoms. The van der Waals surface area contributed by atoms with Gasteiger partial charge in [0.05, 0.1) is 17.9 Å². The molecule has 1 N–H and O–H groups in total. The van der Waals surface area contributed by atoms with E-state index < -0.39 is 5.97 Å². The summed E-state index contributed by atoms with van der Waals surface area (Å²) in [6.07, 6.45) is 2.08. The van der Waals surface area contributed by atoms with E-state index in [9.17, 15) is 9.59 Å². The lowest BCUT2D eigenvalue weighted by atomic mass is 9.97. The van der Waals surface area contributed by atoms with Gasteiger partial charge in [-0.2, -0.15) is 0 Å². The quantitative estimate of drug-likeness (QED) is 0.788. The topological polar surface area (TPSA) is 66.8 Å². The van der Waals surface area contributed by atoms with Crippen LogP contribution in [0.1, 0.15) is 26.2 Å². The number of ether oxygens (including phenoxy) is 1. The number of carboxylic acids is 1. The summed E-state index contributed by atoms with van der Waals surface area (Å²) in [5.74, 6) is -0.847. The molecule has 2 unspecified atom stereocenters. The van der Waals surface area contributed by atoms with Crippen LogP contribution in [0.4, 0.5) is 0 Å². The second kappa shape index (κ2) is 5.04. The van der Waals surface area contributed by atoms with Crippen molar-refractivity contribution in [2.45, 2.75) is 32.3 Å². The number of hydrogen-bond acceptors (Lipinski definition) is 3. The number of hydrogen-bond donors (Lipinski definition) is 1. The van der Waals surface area contributed by atoms with Gasteiger partial charge in [-0.3, -0.25) is 9.59 Å². The normalized spacial score (nSPS) is 29.1. The summed E-state index contributed by atoms with van der Waals surface area (Å²) < 4.78 is 5.40. The zero-order valence-electron chi connectivity index (χ0n) is 10.1. The summed E-state index contributed by atoms with van der Waals surface area (Å²) in [5, 5.41) is 8.87. The molecule has 0 radical (unpaired) electrons. The summed E-state index contributed by atoms with van der Waals surface area (Å²) in [6.45, 7) is 3.73. The van der Waals surface area contributed by atoms with Crippen molar-refractivity contribution in [3.8, 4) is 0 Å². The molecule has 1 aliphatic heterocycles. The summed E-state index contributed by atoms with van der Waals surface area (Å²) in [5.41, 5.74) is 0. The predicted octanol–water partition coefficient (Wildman–Crippen LogP) is 0.735. The Balaban J connectivity index is 1.78. The van der Waals surface area contributed by atoms with Crippen molar-refractivity contribution in [3.05, 3.63) is 0 Å². The molecular weight excluding hydrogens is 222 g/mol. The van der Waals surface area contributed by atoms with Gasteiger partial charge >= 0.3 is 5.97 Å². The minimum Gasteiger partial charge on any atom is -0.481 e. The molecule has 1 saturated heterocycles. The molecule has 1 saturated carbocycles. The molecule has 0 aromatic carbocycles. The first kappa shape index (κ1) is 12.4. The number of carboxylic acid groups (broad SMARTS) is 1. The Morgan fingerprint density at radius 3 is 2.53 bits per heavy atom. The number of amides is 1. The van der Waals surface area contributed by atoms with Crippen LogP contribution in [0.5, 0.6) is 0 Å². The Morgan fingerprint density at radius 1 is 1.35 bits per heavy atom. The smallest absolute Gasteiger partial charge is 0.306 e. The van der Waals surface area contributed by atoms with E-state index in [1.807, 2.05) is 6.92 Å². The van der Waals surface area contributed by atoms with Crippen molar-refractivity contribution in [1.29, 1.82) is 0 Å². The highest BCUT2D eigenvalue weighted by Crippen LogP contribution is 2.36. The Labute approximate surface area is 101 Å². The first-order valence-corrected chi connectivity index (χ1v) is 6.26. The maximum Gasteiger partial charge on any atom is 0.306 e. The van der Waals surface area contributed by atoms with Gasteiger partial charge in [-0.1, -0.05) is 0 Å². The van der Waals surface area contributed by atoms with Crippen LogP contribution >= 0.6 is 0 Å². The Kier molecular flexibility index (Phi) is 3.66. The van der Waals surface area contributed by atoms with Gasteiger partial charge in [0.25, 0.3) is 0 Å². The van der Waals surface area contributed by atoms with E-state index in [0.29, 0.717) is 32.5 Å². The molecular formula is C12H19NO4. The van der Waals surface area contributed by atoms with Crippen LogP contribution in [0.3, 0.4) is 0 Å². The Hall–Kier alpha value is -1.10. The molecule has 17 heavy (non-hydrogen) atoms. The molecule has 0 aromatic heterocycles. The lowest BCUT2D eigenvalue weighted by molar-refractivity contribution is -0.146. The molecule has 0 aromatic rings. The van der Waals surface area contributed by atoms with Crippen LogP contribution in [0, 0.1) is 11.8 Å². The molecule has 1 heterocycles. The second-order valence-electron chi connectivity index (χ2n) is 4.77. The number of aliphatic carboxylic acids is 1. The number of rotatable bonds is 4. The fourth-order valence-electron chi connectivity index (χ4n) is 2.41. The van der Waals surface area contributed by atoms with Crippen molar-refractivity contribution < 1.29 is 19.4 Å². The van der Waals surface area contributed by atoms with E-state index in [1.165, 1.54) is 0 Å². The van der Waals surface area contributed by atoms with E-state index in [-0.39, 0.29) is 23.8 Å². The van der Waals surface area contributed by atoms with Crippen molar-refractivity contribution in [2.24, 2.45) is 11.8 Å². The molecule has 1 aliphatic carbocycles. The zero-order valence-corrected chi connectivity index (χ0v) is 10.1. The van der Waals surface area contributed by atoms with Crippen LogP contribution in [0.15, 0.2) is 0 Å². The molecule has 2 fully saturated rings. The van der Waals surface area contributed by atoms with Crippen LogP contribution in [-0.4, -0.2) is 47.7 Å². The summed E-state index contributed by atoms with van der Waals surface area (Å²) in [7, 11) is 0. The van der Waals surface area contributed by atoms with Crippen molar-refractivity contribution in [2.75, 3.05) is 19.7 Å². The molecule has 5 nitrogen and oxygen atoms in total. The monoisotopic (exact) mass is 241 g/mol. The van der Waals surface area contributed by atoms with Crippen molar-refractivity contribution in [1.82, 2.24) is 4.90 Å². The standard InChI is InChI=1S/C12H19NO4/c1-2-17-10-7-9(10)11(14)13-5-3-8(4-6-13)12(15)16/h8-10H,2-7H2,1H3,(H,15,16). The highest BCUT2D eigenvalue weighted by atomic mass is 16.5. The molecule has 2 atom stereocenters. The lowest BCUT2D eigenvalue weighted by Crippen LogP contribution is -2.41. The fraction of sp³-hybridized carbons (Fsp3) is 0.833. The third kappa shape index (κ3) is 2.77. The summed E-state index contributed by atoms with van der Waals surface area (Å²) in [6, 6.07) is 0. The van der Waals surface area contributed by atoms with Gasteiger partial charge in [-0.25, -0.2) is 0 Å². The number of likely N-dealkylation sites (tertiary alicyclic amines) is 1. The van der Waals surface area contributed by atoms with E-state index in [4.69, 9.17) is 9.84 Å². The van der Waals surface area contributed by atoms with Gasteiger partial charge in [0.15, 0.2) is 0 Å². The number of carbonyl (C=O) groups is 2.